The molecule has 3 rings (SSSR count). The molecule has 2 aliphatic rings. The first kappa shape index (κ1) is 21.8. The van der Waals surface area contributed by atoms with Gasteiger partial charge in [-0.3, -0.25) is 14.5 Å². The van der Waals surface area contributed by atoms with Crippen LogP contribution in [-0.4, -0.2) is 67.0 Å². The zero-order chi connectivity index (χ0) is 20.8. The van der Waals surface area contributed by atoms with Crippen molar-refractivity contribution in [2.45, 2.75) is 38.7 Å². The minimum atomic E-state index is -0.737. The lowest BCUT2D eigenvalue weighted by atomic mass is 10.1. The number of rotatable bonds is 7. The third kappa shape index (κ3) is 6.06. The molecule has 1 aromatic carbocycles. The predicted molar refractivity (Wildman–Crippen MR) is 109 cm³/mol. The summed E-state index contributed by atoms with van der Waals surface area (Å²) in [5, 5.41) is 2.99. The topological polar surface area (TPSA) is 61.9 Å². The number of nitrogens with zero attached hydrogens (tertiary/aromatic N) is 2. The second kappa shape index (κ2) is 10.3. The van der Waals surface area contributed by atoms with Gasteiger partial charge < -0.3 is 15.0 Å². The van der Waals surface area contributed by atoms with Gasteiger partial charge in [-0.15, -0.1) is 0 Å². The van der Waals surface area contributed by atoms with Crippen LogP contribution in [0.1, 0.15) is 32.6 Å². The van der Waals surface area contributed by atoms with Gasteiger partial charge in [-0.05, 0) is 38.0 Å². The highest BCUT2D eigenvalue weighted by molar-refractivity contribution is 6.32. The molecule has 0 spiro atoms. The van der Waals surface area contributed by atoms with E-state index in [9.17, 15) is 14.0 Å². The summed E-state index contributed by atoms with van der Waals surface area (Å²) in [6.45, 7) is 6.01. The van der Waals surface area contributed by atoms with Crippen LogP contribution in [0.2, 0.25) is 5.02 Å². The van der Waals surface area contributed by atoms with Gasteiger partial charge in [-0.1, -0.05) is 24.4 Å². The van der Waals surface area contributed by atoms with Crippen LogP contribution in [0.3, 0.4) is 0 Å². The molecular formula is C21H29ClFN3O3. The molecule has 0 radical (unpaired) electrons. The van der Waals surface area contributed by atoms with Gasteiger partial charge in [0.25, 0.3) is 5.91 Å². The lowest BCUT2D eigenvalue weighted by molar-refractivity contribution is -0.137. The van der Waals surface area contributed by atoms with Crippen LogP contribution >= 0.6 is 11.6 Å². The molecule has 1 aromatic rings. The minimum Gasteiger partial charge on any atom is -0.479 e. The van der Waals surface area contributed by atoms with E-state index in [2.05, 4.69) is 10.2 Å². The van der Waals surface area contributed by atoms with E-state index in [1.54, 1.807) is 6.92 Å². The van der Waals surface area contributed by atoms with E-state index in [1.165, 1.54) is 25.0 Å². The average molecular weight is 426 g/mol. The Morgan fingerprint density at radius 2 is 1.93 bits per heavy atom. The fraction of sp³-hybridized carbons (Fsp3) is 0.619. The Kier molecular flexibility index (Phi) is 7.72. The number of amides is 2. The molecule has 1 aliphatic heterocycles. The lowest BCUT2D eigenvalue weighted by Gasteiger charge is -2.36. The van der Waals surface area contributed by atoms with Gasteiger partial charge in [0.15, 0.2) is 6.10 Å². The number of hydrogen-bond acceptors (Lipinski definition) is 4. The molecule has 1 atom stereocenters. The predicted octanol–water partition coefficient (Wildman–Crippen LogP) is 2.70. The second-order valence-corrected chi connectivity index (χ2v) is 8.18. The van der Waals surface area contributed by atoms with Crippen molar-refractivity contribution in [1.82, 2.24) is 15.1 Å². The van der Waals surface area contributed by atoms with Crippen LogP contribution in [-0.2, 0) is 9.59 Å². The Morgan fingerprint density at radius 1 is 1.24 bits per heavy atom. The maximum Gasteiger partial charge on any atom is 0.260 e. The highest BCUT2D eigenvalue weighted by Gasteiger charge is 2.29. The number of nitrogens with one attached hydrogen (secondary N) is 1. The maximum absolute atomic E-state index is 13.1. The number of piperazine rings is 1. The molecular weight excluding hydrogens is 397 g/mol. The van der Waals surface area contributed by atoms with Crippen LogP contribution in [0.4, 0.5) is 4.39 Å². The third-order valence-electron chi connectivity index (χ3n) is 5.68. The Hall–Kier alpha value is -1.86. The quantitative estimate of drug-likeness (QED) is 0.729. The van der Waals surface area contributed by atoms with Crippen molar-refractivity contribution < 1.29 is 18.7 Å². The first-order valence-corrected chi connectivity index (χ1v) is 10.7. The fourth-order valence-electron chi connectivity index (χ4n) is 3.92. The van der Waals surface area contributed by atoms with Crippen molar-refractivity contribution in [3.05, 3.63) is 29.0 Å². The van der Waals surface area contributed by atoms with Crippen LogP contribution in [0, 0.1) is 11.7 Å². The molecule has 2 fully saturated rings. The Morgan fingerprint density at radius 3 is 2.59 bits per heavy atom. The summed E-state index contributed by atoms with van der Waals surface area (Å²) in [5.74, 6) is 0.126. The normalized spacial score (nSPS) is 19.2. The molecule has 1 N–H and O–H groups in total. The van der Waals surface area contributed by atoms with Gasteiger partial charge in [0.1, 0.15) is 11.6 Å². The van der Waals surface area contributed by atoms with Gasteiger partial charge >= 0.3 is 0 Å². The number of ether oxygens (including phenoxy) is 1. The van der Waals surface area contributed by atoms with Crippen molar-refractivity contribution >= 4 is 23.4 Å². The Balaban J connectivity index is 1.34. The Bertz CT molecular complexity index is 719. The van der Waals surface area contributed by atoms with Gasteiger partial charge in [0.2, 0.25) is 5.91 Å². The van der Waals surface area contributed by atoms with E-state index in [0.717, 1.165) is 51.6 Å². The Labute approximate surface area is 176 Å². The van der Waals surface area contributed by atoms with Crippen molar-refractivity contribution in [2.24, 2.45) is 5.92 Å². The summed E-state index contributed by atoms with van der Waals surface area (Å²) >= 11 is 5.93. The third-order valence-corrected chi connectivity index (χ3v) is 5.98. The van der Waals surface area contributed by atoms with E-state index in [0.29, 0.717) is 12.5 Å². The number of halogens is 2. The zero-order valence-corrected chi connectivity index (χ0v) is 17.6. The van der Waals surface area contributed by atoms with Crippen LogP contribution in [0.25, 0.3) is 0 Å². The molecule has 8 heteroatoms. The van der Waals surface area contributed by atoms with E-state index in [-0.39, 0.29) is 22.6 Å². The summed E-state index contributed by atoms with van der Waals surface area (Å²) in [4.78, 5) is 29.0. The van der Waals surface area contributed by atoms with E-state index >= 15 is 0 Å². The van der Waals surface area contributed by atoms with Crippen molar-refractivity contribution in [3.63, 3.8) is 0 Å². The summed E-state index contributed by atoms with van der Waals surface area (Å²) in [5.41, 5.74) is 0. The molecule has 1 saturated heterocycles. The van der Waals surface area contributed by atoms with Gasteiger partial charge in [-0.25, -0.2) is 4.39 Å². The van der Waals surface area contributed by atoms with Crippen LogP contribution < -0.4 is 10.1 Å². The van der Waals surface area contributed by atoms with Crippen LogP contribution in [0.15, 0.2) is 18.2 Å². The summed E-state index contributed by atoms with van der Waals surface area (Å²) in [7, 11) is 0. The largest absolute Gasteiger partial charge is 0.479 e. The lowest BCUT2D eigenvalue weighted by Crippen LogP contribution is -2.51. The smallest absolute Gasteiger partial charge is 0.260 e. The van der Waals surface area contributed by atoms with Crippen molar-refractivity contribution in [3.8, 4) is 5.75 Å². The van der Waals surface area contributed by atoms with E-state index in [1.807, 2.05) is 4.90 Å². The monoisotopic (exact) mass is 425 g/mol. The second-order valence-electron chi connectivity index (χ2n) is 7.77. The number of carbonyl (C=O) groups is 2. The van der Waals surface area contributed by atoms with Gasteiger partial charge in [0, 0.05) is 45.2 Å². The first-order valence-electron chi connectivity index (χ1n) is 10.3. The number of carbonyl (C=O) groups excluding carboxylic acids is 2. The summed E-state index contributed by atoms with van der Waals surface area (Å²) in [6.07, 6.45) is 3.68. The highest BCUT2D eigenvalue weighted by atomic mass is 35.5. The van der Waals surface area contributed by atoms with Crippen molar-refractivity contribution in [1.29, 1.82) is 0 Å². The fourth-order valence-corrected chi connectivity index (χ4v) is 4.13. The molecule has 2 amide bonds. The maximum atomic E-state index is 13.1. The molecule has 29 heavy (non-hydrogen) atoms. The average Bonchev–Trinajstić information content (AvgIpc) is 3.25. The van der Waals surface area contributed by atoms with Crippen molar-refractivity contribution in [2.75, 3.05) is 39.3 Å². The molecule has 1 saturated carbocycles. The number of benzene rings is 1. The molecule has 0 aromatic heterocycles. The van der Waals surface area contributed by atoms with Crippen LogP contribution in [0.5, 0.6) is 5.75 Å². The molecule has 1 aliphatic carbocycles. The SMILES string of the molecule is CC(Oc1ccc(F)cc1Cl)C(=O)NCCN1CCN(C(=O)C2CCCC2)CC1. The van der Waals surface area contributed by atoms with E-state index < -0.39 is 11.9 Å². The summed E-state index contributed by atoms with van der Waals surface area (Å²) in [6, 6.07) is 3.80. The number of hydrogen-bond donors (Lipinski definition) is 1. The minimum absolute atomic E-state index is 0.134. The highest BCUT2D eigenvalue weighted by Crippen LogP contribution is 2.27. The summed E-state index contributed by atoms with van der Waals surface area (Å²) < 4.78 is 18.6. The molecule has 1 unspecified atom stereocenters. The molecule has 1 heterocycles. The molecule has 6 nitrogen and oxygen atoms in total. The van der Waals surface area contributed by atoms with E-state index in [4.69, 9.17) is 16.3 Å². The molecule has 0 bridgehead atoms. The standard InChI is InChI=1S/C21H29ClFN3O3/c1-15(29-19-7-6-17(23)14-18(19)22)20(27)24-8-9-25-10-12-26(13-11-25)21(28)16-4-2-3-5-16/h6-7,14-16H,2-5,8-13H2,1H3,(H,24,27). The first-order chi connectivity index (χ1) is 13.9. The molecule has 160 valence electrons. The van der Waals surface area contributed by atoms with Gasteiger partial charge in [0.05, 0.1) is 5.02 Å². The zero-order valence-electron chi connectivity index (χ0n) is 16.8. The van der Waals surface area contributed by atoms with Gasteiger partial charge in [-0.2, -0.15) is 0 Å².